The number of piperazine rings is 1. The molecule has 2 heterocycles. The molecule has 2 amide bonds. The number of furan rings is 1. The van der Waals surface area contributed by atoms with Gasteiger partial charge >= 0.3 is 0 Å². The van der Waals surface area contributed by atoms with Gasteiger partial charge in [-0.05, 0) is 50.2 Å². The molecule has 0 aliphatic carbocycles. The number of amides is 2. The normalized spacial score (nSPS) is 16.0. The first-order valence-electron chi connectivity index (χ1n) is 9.29. The highest BCUT2D eigenvalue weighted by Crippen LogP contribution is 2.15. The van der Waals surface area contributed by atoms with Crippen LogP contribution in [-0.2, 0) is 4.79 Å². The van der Waals surface area contributed by atoms with Crippen molar-refractivity contribution in [1.82, 2.24) is 4.90 Å². The van der Waals surface area contributed by atoms with Crippen LogP contribution in [0.2, 0.25) is 0 Å². The largest absolute Gasteiger partial charge is 0.494 e. The van der Waals surface area contributed by atoms with Crippen molar-refractivity contribution >= 4 is 17.5 Å². The molecule has 1 saturated heterocycles. The number of nitrogens with zero attached hydrogens (tertiary/aromatic N) is 1. The van der Waals surface area contributed by atoms with E-state index in [1.165, 1.54) is 11.2 Å². The van der Waals surface area contributed by atoms with Gasteiger partial charge in [0.2, 0.25) is 0 Å². The number of anilines is 1. The van der Waals surface area contributed by atoms with E-state index in [2.05, 4.69) is 5.32 Å². The van der Waals surface area contributed by atoms with Crippen molar-refractivity contribution in [3.8, 4) is 5.75 Å². The predicted octanol–water partition coefficient (Wildman–Crippen LogP) is 1.05. The van der Waals surface area contributed by atoms with Crippen molar-refractivity contribution in [3.63, 3.8) is 0 Å². The van der Waals surface area contributed by atoms with Crippen LogP contribution in [-0.4, -0.2) is 55.5 Å². The lowest BCUT2D eigenvalue weighted by Crippen LogP contribution is -3.19. The third-order valence-corrected chi connectivity index (χ3v) is 4.86. The third-order valence-electron chi connectivity index (χ3n) is 4.86. The quantitative estimate of drug-likeness (QED) is 0.795. The van der Waals surface area contributed by atoms with E-state index in [0.29, 0.717) is 25.5 Å². The maximum atomic E-state index is 12.6. The Kier molecular flexibility index (Phi) is 6.13. The number of carbonyl (C=O) groups excluding carboxylic acids is 2. The van der Waals surface area contributed by atoms with Crippen LogP contribution in [0.25, 0.3) is 0 Å². The van der Waals surface area contributed by atoms with Gasteiger partial charge in [0.05, 0.1) is 39.0 Å². The number of hydrogen-bond donors (Lipinski definition) is 2. The van der Waals surface area contributed by atoms with E-state index in [1.54, 1.807) is 17.0 Å². The molecule has 2 N–H and O–H groups in total. The smallest absolute Gasteiger partial charge is 0.289 e. The number of carbonyl (C=O) groups is 2. The number of nitrogens with one attached hydrogen (secondary N) is 2. The van der Waals surface area contributed by atoms with Gasteiger partial charge in [0.1, 0.15) is 5.75 Å². The number of hydrogen-bond acceptors (Lipinski definition) is 4. The Morgan fingerprint density at radius 2 is 1.93 bits per heavy atom. The molecule has 27 heavy (non-hydrogen) atoms. The second kappa shape index (κ2) is 8.73. The van der Waals surface area contributed by atoms with Crippen molar-refractivity contribution < 1.29 is 23.6 Å². The summed E-state index contributed by atoms with van der Waals surface area (Å²) >= 11 is 0. The Morgan fingerprint density at radius 3 is 2.52 bits per heavy atom. The highest BCUT2D eigenvalue weighted by Gasteiger charge is 2.31. The van der Waals surface area contributed by atoms with E-state index in [-0.39, 0.29) is 17.9 Å². The number of benzene rings is 1. The highest BCUT2D eigenvalue weighted by molar-refractivity contribution is 5.93. The molecule has 0 bridgehead atoms. The number of quaternary nitrogens is 1. The van der Waals surface area contributed by atoms with Crippen molar-refractivity contribution in [2.75, 3.05) is 38.1 Å². The third kappa shape index (κ3) is 4.68. The minimum atomic E-state index is -0.197. The van der Waals surface area contributed by atoms with Crippen molar-refractivity contribution in [2.45, 2.75) is 19.9 Å². The molecule has 1 aromatic heterocycles. The summed E-state index contributed by atoms with van der Waals surface area (Å²) in [7, 11) is 0. The van der Waals surface area contributed by atoms with Crippen LogP contribution < -0.4 is 15.0 Å². The first kappa shape index (κ1) is 19.0. The lowest BCUT2D eigenvalue weighted by molar-refractivity contribution is -0.917. The maximum absolute atomic E-state index is 12.6. The van der Waals surface area contributed by atoms with Crippen molar-refractivity contribution in [1.29, 1.82) is 0 Å². The maximum Gasteiger partial charge on any atom is 0.289 e. The molecule has 1 fully saturated rings. The van der Waals surface area contributed by atoms with Crippen LogP contribution in [0.1, 0.15) is 24.4 Å². The van der Waals surface area contributed by atoms with Crippen LogP contribution >= 0.6 is 0 Å². The Morgan fingerprint density at radius 1 is 1.22 bits per heavy atom. The topological polar surface area (TPSA) is 76.2 Å². The molecule has 3 rings (SSSR count). The van der Waals surface area contributed by atoms with Gasteiger partial charge in [-0.25, -0.2) is 0 Å². The van der Waals surface area contributed by atoms with Crippen LogP contribution in [0.3, 0.4) is 0 Å². The SMILES string of the molecule is CCOc1ccc(NC(=O)[C@H](C)[NH+]2CCN(C(=O)c3ccco3)CC2)cc1. The molecule has 0 unspecified atom stereocenters. The Balaban J connectivity index is 1.50. The van der Waals surface area contributed by atoms with E-state index in [4.69, 9.17) is 9.15 Å². The zero-order valence-corrected chi connectivity index (χ0v) is 15.7. The average molecular weight is 372 g/mol. The first-order valence-corrected chi connectivity index (χ1v) is 9.29. The Labute approximate surface area is 158 Å². The standard InChI is InChI=1S/C20H25N3O4/c1-3-26-17-8-6-16(7-9-17)21-19(24)15(2)22-10-12-23(13-11-22)20(25)18-5-4-14-27-18/h4-9,14-15H,3,10-13H2,1-2H3,(H,21,24)/p+1/t15-/m0/s1. The van der Waals surface area contributed by atoms with Crippen LogP contribution in [0, 0.1) is 0 Å². The minimum Gasteiger partial charge on any atom is -0.494 e. The van der Waals surface area contributed by atoms with Crippen molar-refractivity contribution in [2.24, 2.45) is 0 Å². The fraction of sp³-hybridized carbons (Fsp3) is 0.400. The van der Waals surface area contributed by atoms with Gasteiger partial charge in [-0.1, -0.05) is 0 Å². The molecule has 1 aliphatic heterocycles. The van der Waals surface area contributed by atoms with Crippen LogP contribution in [0.4, 0.5) is 5.69 Å². The van der Waals surface area contributed by atoms with Crippen molar-refractivity contribution in [3.05, 3.63) is 48.4 Å². The summed E-state index contributed by atoms with van der Waals surface area (Å²) in [5, 5.41) is 2.95. The van der Waals surface area contributed by atoms with Gasteiger partial charge in [0.15, 0.2) is 11.8 Å². The zero-order chi connectivity index (χ0) is 19.2. The summed E-state index contributed by atoms with van der Waals surface area (Å²) in [5.74, 6) is 1.02. The Hall–Kier alpha value is -2.80. The van der Waals surface area contributed by atoms with E-state index in [0.717, 1.165) is 24.5 Å². The molecule has 1 atom stereocenters. The second-order valence-electron chi connectivity index (χ2n) is 6.60. The lowest BCUT2D eigenvalue weighted by atomic mass is 10.2. The fourth-order valence-electron chi connectivity index (χ4n) is 3.22. The molecular weight excluding hydrogens is 346 g/mol. The number of rotatable bonds is 6. The summed E-state index contributed by atoms with van der Waals surface area (Å²) < 4.78 is 10.6. The second-order valence-corrected chi connectivity index (χ2v) is 6.60. The molecule has 1 aliphatic rings. The molecule has 0 radical (unpaired) electrons. The van der Waals surface area contributed by atoms with E-state index in [9.17, 15) is 9.59 Å². The predicted molar refractivity (Wildman–Crippen MR) is 101 cm³/mol. The summed E-state index contributed by atoms with van der Waals surface area (Å²) in [6, 6.07) is 10.6. The van der Waals surface area contributed by atoms with E-state index in [1.807, 2.05) is 38.1 Å². The molecule has 1 aromatic carbocycles. The molecule has 0 spiro atoms. The van der Waals surface area contributed by atoms with Gasteiger partial charge in [-0.3, -0.25) is 9.59 Å². The van der Waals surface area contributed by atoms with Gasteiger partial charge in [0.25, 0.3) is 11.8 Å². The summed E-state index contributed by atoms with van der Waals surface area (Å²) in [6.07, 6.45) is 1.50. The zero-order valence-electron chi connectivity index (χ0n) is 15.7. The van der Waals surface area contributed by atoms with Gasteiger partial charge in [0, 0.05) is 5.69 Å². The lowest BCUT2D eigenvalue weighted by Gasteiger charge is -2.34. The molecule has 7 nitrogen and oxygen atoms in total. The minimum absolute atomic E-state index is 0.0278. The van der Waals surface area contributed by atoms with Gasteiger partial charge < -0.3 is 24.3 Å². The molecule has 0 saturated carbocycles. The van der Waals surface area contributed by atoms with E-state index >= 15 is 0 Å². The average Bonchev–Trinajstić information content (AvgIpc) is 3.23. The van der Waals surface area contributed by atoms with Gasteiger partial charge in [-0.2, -0.15) is 0 Å². The summed E-state index contributed by atoms with van der Waals surface area (Å²) in [5.41, 5.74) is 0.751. The van der Waals surface area contributed by atoms with E-state index < -0.39 is 0 Å². The summed E-state index contributed by atoms with van der Waals surface area (Å²) in [4.78, 5) is 27.8. The van der Waals surface area contributed by atoms with Gasteiger partial charge in [-0.15, -0.1) is 0 Å². The molecule has 144 valence electrons. The molecular formula is C20H26N3O4+. The van der Waals surface area contributed by atoms with Crippen LogP contribution in [0.5, 0.6) is 5.75 Å². The Bertz CT molecular complexity index is 750. The fourth-order valence-corrected chi connectivity index (χ4v) is 3.22. The first-order chi connectivity index (χ1) is 13.1. The molecule has 2 aromatic rings. The van der Waals surface area contributed by atoms with Crippen LogP contribution in [0.15, 0.2) is 47.1 Å². The molecule has 7 heteroatoms. The highest BCUT2D eigenvalue weighted by atomic mass is 16.5. The monoisotopic (exact) mass is 372 g/mol. The number of ether oxygens (including phenoxy) is 1. The summed E-state index contributed by atoms with van der Waals surface area (Å²) in [6.45, 7) is 7.13.